The molecule has 1 aliphatic carbocycles. The molecule has 1 aliphatic rings. The number of aliphatic hydroxyl groups is 2. The molecule has 0 saturated heterocycles. The summed E-state index contributed by atoms with van der Waals surface area (Å²) < 4.78 is 0. The van der Waals surface area contributed by atoms with Crippen molar-refractivity contribution >= 4 is 24.3 Å². The number of hydrogen-bond acceptors (Lipinski definition) is 2. The van der Waals surface area contributed by atoms with Gasteiger partial charge in [0.15, 0.2) is 0 Å². The topological polar surface area (TPSA) is 40.5 Å². The fourth-order valence-electron chi connectivity index (χ4n) is 7.00. The van der Waals surface area contributed by atoms with Crippen LogP contribution in [0.5, 0.6) is 0 Å². The summed E-state index contributed by atoms with van der Waals surface area (Å²) in [4.78, 5) is 0. The van der Waals surface area contributed by atoms with Crippen LogP contribution in [0.25, 0.3) is 57.7 Å². The van der Waals surface area contributed by atoms with Gasteiger partial charge in [-0.05, 0) is 79.6 Å². The molecule has 0 spiro atoms. The third-order valence-corrected chi connectivity index (χ3v) is 9.46. The Morgan fingerprint density at radius 3 is 1.11 bits per heavy atom. The number of benzene rings is 6. The van der Waals surface area contributed by atoms with Crippen LogP contribution >= 0.6 is 0 Å². The molecule has 0 atom stereocenters. The molecule has 0 fully saturated rings. The zero-order chi connectivity index (χ0) is 32.1. The Morgan fingerprint density at radius 1 is 0.383 bits per heavy atom. The first-order valence-corrected chi connectivity index (χ1v) is 16.4. The Kier molecular flexibility index (Phi) is 8.79. The fourth-order valence-corrected chi connectivity index (χ4v) is 7.00. The van der Waals surface area contributed by atoms with Gasteiger partial charge < -0.3 is 10.2 Å². The van der Waals surface area contributed by atoms with E-state index in [4.69, 9.17) is 0 Å². The van der Waals surface area contributed by atoms with E-state index in [1.54, 1.807) is 0 Å². The van der Waals surface area contributed by atoms with E-state index in [0.29, 0.717) is 12.8 Å². The van der Waals surface area contributed by atoms with Crippen LogP contribution in [0.2, 0.25) is 0 Å². The van der Waals surface area contributed by atoms with Gasteiger partial charge in [0.2, 0.25) is 0 Å². The van der Waals surface area contributed by atoms with Crippen LogP contribution in [0.3, 0.4) is 0 Å². The first-order chi connectivity index (χ1) is 23.2. The van der Waals surface area contributed by atoms with Crippen molar-refractivity contribution in [3.8, 4) is 33.4 Å². The predicted octanol–water partition coefficient (Wildman–Crippen LogP) is 10.4. The minimum Gasteiger partial charge on any atom is -0.396 e. The maximum Gasteiger partial charge on any atom is 0.0442 e. The summed E-state index contributed by atoms with van der Waals surface area (Å²) in [6.45, 7) is 0.0844. The lowest BCUT2D eigenvalue weighted by atomic mass is 9.72. The van der Waals surface area contributed by atoms with E-state index in [2.05, 4.69) is 158 Å². The second kappa shape index (κ2) is 13.6. The summed E-state index contributed by atoms with van der Waals surface area (Å²) >= 11 is 0. The SMILES string of the molecule is OCCC1(CCO)c2cc(/C=C/c3ccc(-c4ccccc4)cc3)ccc2-c2ccc(/C=C/c3ccc(-c4ccccc4)cc3)cc21. The van der Waals surface area contributed by atoms with Gasteiger partial charge in [-0.15, -0.1) is 0 Å². The molecule has 2 nitrogen and oxygen atoms in total. The van der Waals surface area contributed by atoms with Crippen LogP contribution in [-0.4, -0.2) is 23.4 Å². The molecular formula is C45H38O2. The maximum atomic E-state index is 10.3. The number of hydrogen-bond donors (Lipinski definition) is 2. The average Bonchev–Trinajstić information content (AvgIpc) is 3.39. The molecule has 0 radical (unpaired) electrons. The predicted molar refractivity (Wildman–Crippen MR) is 198 cm³/mol. The van der Waals surface area contributed by atoms with Crippen molar-refractivity contribution in [1.82, 2.24) is 0 Å². The molecule has 0 unspecified atom stereocenters. The highest BCUT2D eigenvalue weighted by Gasteiger charge is 2.42. The third-order valence-electron chi connectivity index (χ3n) is 9.46. The minimum absolute atomic E-state index is 0.0422. The molecule has 0 heterocycles. The number of rotatable bonds is 10. The quantitative estimate of drug-likeness (QED) is 0.152. The molecule has 47 heavy (non-hydrogen) atoms. The van der Waals surface area contributed by atoms with Gasteiger partial charge in [0.05, 0.1) is 0 Å². The van der Waals surface area contributed by atoms with Crippen molar-refractivity contribution in [2.75, 3.05) is 13.2 Å². The van der Waals surface area contributed by atoms with Crippen LogP contribution < -0.4 is 0 Å². The van der Waals surface area contributed by atoms with Crippen LogP contribution in [0.15, 0.2) is 146 Å². The molecule has 0 amide bonds. The summed E-state index contributed by atoms with van der Waals surface area (Å²) in [7, 11) is 0. The smallest absolute Gasteiger partial charge is 0.0442 e. The van der Waals surface area contributed by atoms with Crippen LogP contribution in [0.1, 0.15) is 46.2 Å². The fraction of sp³-hybridized carbons (Fsp3) is 0.111. The second-order valence-electron chi connectivity index (χ2n) is 12.3. The average molecular weight is 611 g/mol. The Balaban J connectivity index is 1.16. The van der Waals surface area contributed by atoms with Crippen molar-refractivity contribution in [2.24, 2.45) is 0 Å². The van der Waals surface area contributed by atoms with E-state index >= 15 is 0 Å². The van der Waals surface area contributed by atoms with Gasteiger partial charge in [0, 0.05) is 18.6 Å². The molecule has 0 aliphatic heterocycles. The summed E-state index contributed by atoms with van der Waals surface area (Å²) in [5.41, 5.74) is 13.5. The van der Waals surface area contributed by atoms with Crippen molar-refractivity contribution < 1.29 is 10.2 Å². The van der Waals surface area contributed by atoms with Gasteiger partial charge in [-0.2, -0.15) is 0 Å². The van der Waals surface area contributed by atoms with Gasteiger partial charge >= 0.3 is 0 Å². The third kappa shape index (κ3) is 6.26. The molecule has 230 valence electrons. The summed E-state index contributed by atoms with van der Waals surface area (Å²) in [6, 6.07) is 51.3. The standard InChI is InChI=1S/C45H38O2/c46-29-27-45(28-30-47)43-31-35(13-11-33-15-21-39(22-16-33)37-7-3-1-4-8-37)19-25-41(43)42-26-20-36(32-44(42)45)14-12-34-17-23-40(24-18-34)38-9-5-2-6-10-38/h1-26,31-32,46-47H,27-30H2/b13-11+,14-12+. The molecule has 2 heteroatoms. The summed E-state index contributed by atoms with van der Waals surface area (Å²) in [6.07, 6.45) is 9.70. The first-order valence-electron chi connectivity index (χ1n) is 16.4. The van der Waals surface area contributed by atoms with Crippen molar-refractivity contribution in [2.45, 2.75) is 18.3 Å². The molecule has 0 bridgehead atoms. The molecule has 7 rings (SSSR count). The lowest BCUT2D eigenvalue weighted by Gasteiger charge is -2.31. The van der Waals surface area contributed by atoms with E-state index in [-0.39, 0.29) is 13.2 Å². The molecule has 6 aromatic rings. The molecule has 0 saturated carbocycles. The minimum atomic E-state index is -0.462. The molecule has 2 N–H and O–H groups in total. The Labute approximate surface area is 277 Å². The summed E-state index contributed by atoms with van der Waals surface area (Å²) in [5, 5.41) is 20.6. The maximum absolute atomic E-state index is 10.3. The highest BCUT2D eigenvalue weighted by atomic mass is 16.3. The lowest BCUT2D eigenvalue weighted by molar-refractivity contribution is 0.212. The Hall–Kier alpha value is -5.28. The van der Waals surface area contributed by atoms with E-state index in [0.717, 1.165) is 22.3 Å². The Bertz CT molecular complexity index is 1870. The van der Waals surface area contributed by atoms with Crippen molar-refractivity contribution in [3.05, 3.63) is 179 Å². The van der Waals surface area contributed by atoms with Gasteiger partial charge in [0.25, 0.3) is 0 Å². The lowest BCUT2D eigenvalue weighted by Crippen LogP contribution is -2.28. The highest BCUT2D eigenvalue weighted by Crippen LogP contribution is 2.53. The van der Waals surface area contributed by atoms with Crippen LogP contribution in [0, 0.1) is 0 Å². The van der Waals surface area contributed by atoms with Crippen LogP contribution in [0.4, 0.5) is 0 Å². The van der Waals surface area contributed by atoms with E-state index in [1.165, 1.54) is 44.5 Å². The van der Waals surface area contributed by atoms with Crippen LogP contribution in [-0.2, 0) is 5.41 Å². The zero-order valence-corrected chi connectivity index (χ0v) is 26.4. The monoisotopic (exact) mass is 610 g/mol. The van der Waals surface area contributed by atoms with Gasteiger partial charge in [-0.25, -0.2) is 0 Å². The molecular weight excluding hydrogens is 572 g/mol. The van der Waals surface area contributed by atoms with Gasteiger partial charge in [-0.1, -0.05) is 170 Å². The Morgan fingerprint density at radius 2 is 0.723 bits per heavy atom. The first kappa shape index (κ1) is 30.4. The van der Waals surface area contributed by atoms with E-state index in [9.17, 15) is 10.2 Å². The number of aliphatic hydroxyl groups excluding tert-OH is 2. The van der Waals surface area contributed by atoms with Gasteiger partial charge in [-0.3, -0.25) is 0 Å². The highest BCUT2D eigenvalue weighted by molar-refractivity contribution is 5.85. The second-order valence-corrected chi connectivity index (χ2v) is 12.3. The largest absolute Gasteiger partial charge is 0.396 e. The summed E-state index contributed by atoms with van der Waals surface area (Å²) in [5.74, 6) is 0. The van der Waals surface area contributed by atoms with E-state index in [1.807, 2.05) is 12.1 Å². The normalized spacial score (nSPS) is 13.2. The molecule has 6 aromatic carbocycles. The molecule has 0 aromatic heterocycles. The van der Waals surface area contributed by atoms with Gasteiger partial charge in [0.1, 0.15) is 0 Å². The van der Waals surface area contributed by atoms with Crippen molar-refractivity contribution in [1.29, 1.82) is 0 Å². The number of fused-ring (bicyclic) bond motifs is 3. The van der Waals surface area contributed by atoms with Crippen molar-refractivity contribution in [3.63, 3.8) is 0 Å². The zero-order valence-electron chi connectivity index (χ0n) is 26.4. The van der Waals surface area contributed by atoms with E-state index < -0.39 is 5.41 Å².